The van der Waals surface area contributed by atoms with Crippen LogP contribution in [0.1, 0.15) is 42.0 Å². The number of benzene rings is 2. The van der Waals surface area contributed by atoms with E-state index in [0.717, 1.165) is 47.8 Å². The minimum atomic E-state index is -0.927. The molecule has 32 heavy (non-hydrogen) atoms. The van der Waals surface area contributed by atoms with Gasteiger partial charge in [0, 0.05) is 16.5 Å². The lowest BCUT2D eigenvalue weighted by atomic mass is 9.90. The van der Waals surface area contributed by atoms with E-state index in [-0.39, 0.29) is 18.0 Å². The topological polar surface area (TPSA) is 94.8 Å². The Balaban J connectivity index is 1.44. The average Bonchev–Trinajstić information content (AvgIpc) is 2.80. The van der Waals surface area contributed by atoms with Crippen LogP contribution in [0.25, 0.3) is 11.0 Å². The van der Waals surface area contributed by atoms with Crippen LogP contribution in [-0.2, 0) is 29.0 Å². The van der Waals surface area contributed by atoms with Gasteiger partial charge in [-0.1, -0.05) is 30.3 Å². The number of carbonyl (C=O) groups excluding carboxylic acids is 2. The van der Waals surface area contributed by atoms with E-state index in [2.05, 4.69) is 5.32 Å². The van der Waals surface area contributed by atoms with Crippen LogP contribution in [0.2, 0.25) is 0 Å². The SMILES string of the molecule is Cc1c(OC(=O)C(C)NC(=O)OCc2ccccc2)ccc2c3c(c(=O)oc12)CCCC3. The maximum atomic E-state index is 12.5. The molecule has 7 nitrogen and oxygen atoms in total. The number of fused-ring (bicyclic) bond motifs is 3. The molecule has 0 aliphatic heterocycles. The Labute approximate surface area is 185 Å². The fourth-order valence-electron chi connectivity index (χ4n) is 3.93. The fourth-order valence-corrected chi connectivity index (χ4v) is 3.93. The molecule has 0 saturated carbocycles. The van der Waals surface area contributed by atoms with Crippen molar-refractivity contribution in [3.05, 3.63) is 75.1 Å². The van der Waals surface area contributed by atoms with Crippen molar-refractivity contribution < 1.29 is 23.5 Å². The number of amides is 1. The summed E-state index contributed by atoms with van der Waals surface area (Å²) in [5.41, 5.74) is 3.30. The number of alkyl carbamates (subject to hydrolysis) is 1. The molecule has 2 aromatic carbocycles. The van der Waals surface area contributed by atoms with Crippen molar-refractivity contribution in [2.75, 3.05) is 0 Å². The van der Waals surface area contributed by atoms with E-state index in [4.69, 9.17) is 13.9 Å². The molecule has 0 fully saturated rings. The zero-order valence-electron chi connectivity index (χ0n) is 18.1. The van der Waals surface area contributed by atoms with Gasteiger partial charge in [-0.25, -0.2) is 14.4 Å². The predicted molar refractivity (Wildman–Crippen MR) is 119 cm³/mol. The van der Waals surface area contributed by atoms with E-state index in [0.29, 0.717) is 11.1 Å². The van der Waals surface area contributed by atoms with E-state index in [9.17, 15) is 14.4 Å². The number of hydrogen-bond acceptors (Lipinski definition) is 6. The third-order valence-electron chi connectivity index (χ3n) is 5.70. The van der Waals surface area contributed by atoms with Gasteiger partial charge in [-0.3, -0.25) is 0 Å². The first-order valence-electron chi connectivity index (χ1n) is 10.7. The smallest absolute Gasteiger partial charge is 0.408 e. The van der Waals surface area contributed by atoms with Crippen molar-refractivity contribution in [2.45, 2.75) is 52.2 Å². The summed E-state index contributed by atoms with van der Waals surface area (Å²) in [5, 5.41) is 3.35. The van der Waals surface area contributed by atoms with Gasteiger partial charge in [-0.2, -0.15) is 0 Å². The van der Waals surface area contributed by atoms with Crippen LogP contribution in [0.15, 0.2) is 51.7 Å². The van der Waals surface area contributed by atoms with Crippen molar-refractivity contribution in [3.8, 4) is 5.75 Å². The van der Waals surface area contributed by atoms with Crippen LogP contribution in [-0.4, -0.2) is 18.1 Å². The third kappa shape index (κ3) is 4.51. The summed E-state index contributed by atoms with van der Waals surface area (Å²) in [6.45, 7) is 3.36. The molecular formula is C25H25NO6. The lowest BCUT2D eigenvalue weighted by molar-refractivity contribution is -0.136. The quantitative estimate of drug-likeness (QED) is 0.367. The van der Waals surface area contributed by atoms with Crippen LogP contribution in [0.5, 0.6) is 5.75 Å². The molecule has 1 aliphatic rings. The Morgan fingerprint density at radius 1 is 1.06 bits per heavy atom. The molecule has 1 aromatic heterocycles. The number of ether oxygens (including phenoxy) is 2. The van der Waals surface area contributed by atoms with Gasteiger partial charge in [0.25, 0.3) is 0 Å². The van der Waals surface area contributed by atoms with Crippen molar-refractivity contribution in [1.29, 1.82) is 0 Å². The molecular weight excluding hydrogens is 410 g/mol. The van der Waals surface area contributed by atoms with Crippen molar-refractivity contribution in [2.24, 2.45) is 0 Å². The highest BCUT2D eigenvalue weighted by atomic mass is 16.6. The summed E-state index contributed by atoms with van der Waals surface area (Å²) in [5.74, 6) is -0.364. The molecule has 0 bridgehead atoms. The number of carbonyl (C=O) groups is 2. The highest BCUT2D eigenvalue weighted by Crippen LogP contribution is 2.32. The molecule has 1 N–H and O–H groups in total. The number of rotatable bonds is 5. The van der Waals surface area contributed by atoms with Crippen LogP contribution in [0, 0.1) is 6.92 Å². The molecule has 3 aromatic rings. The molecule has 4 rings (SSSR count). The van der Waals surface area contributed by atoms with Gasteiger partial charge in [-0.15, -0.1) is 0 Å². The summed E-state index contributed by atoms with van der Waals surface area (Å²) in [4.78, 5) is 37.0. The van der Waals surface area contributed by atoms with Gasteiger partial charge in [0.2, 0.25) is 0 Å². The highest BCUT2D eigenvalue weighted by Gasteiger charge is 2.23. The van der Waals surface area contributed by atoms with Crippen molar-refractivity contribution in [3.63, 3.8) is 0 Å². The third-order valence-corrected chi connectivity index (χ3v) is 5.70. The predicted octanol–water partition coefficient (Wildman–Crippen LogP) is 4.20. The van der Waals surface area contributed by atoms with Gasteiger partial charge in [-0.05, 0) is 62.8 Å². The zero-order valence-corrected chi connectivity index (χ0v) is 18.1. The van der Waals surface area contributed by atoms with Gasteiger partial charge in [0.15, 0.2) is 0 Å². The Bertz CT molecular complexity index is 1210. The number of aryl methyl sites for hydroxylation is 2. The second-order valence-corrected chi connectivity index (χ2v) is 7.97. The van der Waals surface area contributed by atoms with E-state index >= 15 is 0 Å². The number of esters is 1. The molecule has 0 radical (unpaired) electrons. The van der Waals surface area contributed by atoms with E-state index in [1.807, 2.05) is 36.4 Å². The molecule has 1 amide bonds. The maximum Gasteiger partial charge on any atom is 0.408 e. The highest BCUT2D eigenvalue weighted by molar-refractivity contribution is 5.88. The molecule has 7 heteroatoms. The standard InChI is InChI=1S/C25H25NO6/c1-15-21(13-12-19-18-10-6-7-11-20(18)24(28)32-22(15)19)31-23(27)16(2)26-25(29)30-14-17-8-4-3-5-9-17/h3-5,8-9,12-13,16H,6-7,10-11,14H2,1-2H3,(H,26,29). The largest absolute Gasteiger partial charge is 0.445 e. The summed E-state index contributed by atoms with van der Waals surface area (Å²) < 4.78 is 16.2. The van der Waals surface area contributed by atoms with Crippen molar-refractivity contribution >= 4 is 23.0 Å². The van der Waals surface area contributed by atoms with Crippen LogP contribution >= 0.6 is 0 Å². The van der Waals surface area contributed by atoms with Gasteiger partial charge >= 0.3 is 17.7 Å². The zero-order chi connectivity index (χ0) is 22.7. The van der Waals surface area contributed by atoms with Crippen LogP contribution in [0.3, 0.4) is 0 Å². The van der Waals surface area contributed by atoms with Gasteiger partial charge in [0.1, 0.15) is 24.0 Å². The number of nitrogens with one attached hydrogen (secondary N) is 1. The van der Waals surface area contributed by atoms with Crippen LogP contribution in [0.4, 0.5) is 4.79 Å². The summed E-state index contributed by atoms with van der Waals surface area (Å²) in [7, 11) is 0. The second kappa shape index (κ2) is 9.26. The minimum absolute atomic E-state index is 0.0988. The van der Waals surface area contributed by atoms with Gasteiger partial charge in [0.05, 0.1) is 0 Å². The molecule has 166 valence electrons. The minimum Gasteiger partial charge on any atom is -0.445 e. The first-order valence-corrected chi connectivity index (χ1v) is 10.7. The number of hydrogen-bond donors (Lipinski definition) is 1. The first-order chi connectivity index (χ1) is 15.4. The average molecular weight is 435 g/mol. The fraction of sp³-hybridized carbons (Fsp3) is 0.320. The van der Waals surface area contributed by atoms with Crippen molar-refractivity contribution in [1.82, 2.24) is 5.32 Å². The summed E-state index contributed by atoms with van der Waals surface area (Å²) in [6, 6.07) is 11.8. The summed E-state index contributed by atoms with van der Waals surface area (Å²) in [6.07, 6.45) is 2.86. The lowest BCUT2D eigenvalue weighted by Crippen LogP contribution is -2.41. The Hall–Kier alpha value is -3.61. The van der Waals surface area contributed by atoms with Gasteiger partial charge < -0.3 is 19.2 Å². The Morgan fingerprint density at radius 2 is 1.78 bits per heavy atom. The molecule has 1 atom stereocenters. The Kier molecular flexibility index (Phi) is 6.25. The normalized spacial score (nSPS) is 13.8. The molecule has 1 unspecified atom stereocenters. The monoisotopic (exact) mass is 435 g/mol. The summed E-state index contributed by atoms with van der Waals surface area (Å²) >= 11 is 0. The van der Waals surface area contributed by atoms with Crippen LogP contribution < -0.4 is 15.7 Å². The second-order valence-electron chi connectivity index (χ2n) is 7.97. The first kappa shape index (κ1) is 21.6. The molecule has 1 aliphatic carbocycles. The Morgan fingerprint density at radius 3 is 2.53 bits per heavy atom. The van der Waals surface area contributed by atoms with E-state index in [1.54, 1.807) is 13.0 Å². The van der Waals surface area contributed by atoms with E-state index in [1.165, 1.54) is 6.92 Å². The van der Waals surface area contributed by atoms with E-state index < -0.39 is 18.1 Å². The maximum absolute atomic E-state index is 12.5. The molecule has 1 heterocycles. The molecule has 0 saturated heterocycles. The lowest BCUT2D eigenvalue weighted by Gasteiger charge is -2.18. The molecule has 0 spiro atoms.